The first-order chi connectivity index (χ1) is 9.72. The molecule has 7 heteroatoms. The van der Waals surface area contributed by atoms with Crippen LogP contribution in [0.4, 0.5) is 5.69 Å². The van der Waals surface area contributed by atoms with Gasteiger partial charge in [-0.15, -0.1) is 12.4 Å². The highest BCUT2D eigenvalue weighted by atomic mass is 35.5. The summed E-state index contributed by atoms with van der Waals surface area (Å²) in [6.45, 7) is 0.464. The molecule has 2 atom stereocenters. The number of anilines is 1. The van der Waals surface area contributed by atoms with Crippen LogP contribution >= 0.6 is 12.4 Å². The molecule has 2 aromatic rings. The van der Waals surface area contributed by atoms with Crippen molar-refractivity contribution in [2.75, 3.05) is 11.9 Å². The Morgan fingerprint density at radius 1 is 1.43 bits per heavy atom. The average Bonchev–Trinajstić information content (AvgIpc) is 3.10. The van der Waals surface area contributed by atoms with E-state index in [2.05, 4.69) is 15.7 Å². The minimum absolute atomic E-state index is 0. The third kappa shape index (κ3) is 3.60. The van der Waals surface area contributed by atoms with E-state index in [1.807, 2.05) is 36.5 Å². The number of nitrogens with zero attached hydrogens (tertiary/aromatic N) is 2. The van der Waals surface area contributed by atoms with Crippen LogP contribution in [0.25, 0.3) is 5.69 Å². The molecule has 1 aliphatic rings. The van der Waals surface area contributed by atoms with Gasteiger partial charge in [-0.25, -0.2) is 4.68 Å². The molecule has 21 heavy (non-hydrogen) atoms. The largest absolute Gasteiger partial charge is 0.392 e. The third-order valence-electron chi connectivity index (χ3n) is 3.31. The zero-order valence-corrected chi connectivity index (χ0v) is 12.1. The zero-order valence-electron chi connectivity index (χ0n) is 11.3. The van der Waals surface area contributed by atoms with Gasteiger partial charge in [0.2, 0.25) is 5.91 Å². The number of hydrogen-bond donors (Lipinski definition) is 3. The highest BCUT2D eigenvalue weighted by Gasteiger charge is 2.27. The average molecular weight is 309 g/mol. The maximum Gasteiger partial charge on any atom is 0.241 e. The summed E-state index contributed by atoms with van der Waals surface area (Å²) in [5.41, 5.74) is 1.60. The molecule has 1 aromatic heterocycles. The summed E-state index contributed by atoms with van der Waals surface area (Å²) in [6, 6.07) is 8.98. The number of aromatic nitrogens is 2. The molecule has 1 saturated heterocycles. The molecule has 0 aliphatic carbocycles. The molecule has 1 amide bonds. The molecule has 1 aromatic carbocycles. The molecule has 0 bridgehead atoms. The lowest BCUT2D eigenvalue weighted by atomic mass is 10.2. The SMILES string of the molecule is Cl.O=C(Nc1cccc(-n2cccn2)c1)C1CC(O)CN1. The second-order valence-electron chi connectivity index (χ2n) is 4.84. The van der Waals surface area contributed by atoms with Crippen LogP contribution in [-0.2, 0) is 4.79 Å². The predicted molar refractivity (Wildman–Crippen MR) is 81.9 cm³/mol. The molecular formula is C14H17ClN4O2. The summed E-state index contributed by atoms with van der Waals surface area (Å²) >= 11 is 0. The molecule has 0 radical (unpaired) electrons. The monoisotopic (exact) mass is 308 g/mol. The Bertz CT molecular complexity index is 603. The van der Waals surface area contributed by atoms with Gasteiger partial charge in [0.25, 0.3) is 0 Å². The number of aliphatic hydroxyl groups excluding tert-OH is 1. The number of β-amino-alcohol motifs (C(OH)–C–C–N with tert-alkyl or cyclic N) is 1. The van der Waals surface area contributed by atoms with Crippen molar-refractivity contribution < 1.29 is 9.90 Å². The topological polar surface area (TPSA) is 79.2 Å². The van der Waals surface area contributed by atoms with Gasteiger partial charge in [0.1, 0.15) is 0 Å². The van der Waals surface area contributed by atoms with Crippen LogP contribution in [0.1, 0.15) is 6.42 Å². The van der Waals surface area contributed by atoms with Crippen LogP contribution in [0.15, 0.2) is 42.7 Å². The number of aliphatic hydroxyl groups is 1. The summed E-state index contributed by atoms with van der Waals surface area (Å²) < 4.78 is 1.73. The summed E-state index contributed by atoms with van der Waals surface area (Å²) in [4.78, 5) is 12.1. The van der Waals surface area contributed by atoms with E-state index in [1.54, 1.807) is 10.9 Å². The van der Waals surface area contributed by atoms with Gasteiger partial charge in [0.15, 0.2) is 0 Å². The molecule has 2 unspecified atom stereocenters. The van der Waals surface area contributed by atoms with Crippen molar-refractivity contribution in [3.05, 3.63) is 42.7 Å². The summed E-state index contributed by atoms with van der Waals surface area (Å²) in [5.74, 6) is -0.126. The number of halogens is 1. The van der Waals surface area contributed by atoms with E-state index >= 15 is 0 Å². The number of carbonyl (C=O) groups excluding carboxylic acids is 1. The Morgan fingerprint density at radius 2 is 2.29 bits per heavy atom. The summed E-state index contributed by atoms with van der Waals surface area (Å²) in [5, 5.41) is 19.4. The molecule has 1 fully saturated rings. The van der Waals surface area contributed by atoms with Gasteiger partial charge >= 0.3 is 0 Å². The van der Waals surface area contributed by atoms with Gasteiger partial charge in [-0.2, -0.15) is 5.10 Å². The first kappa shape index (κ1) is 15.5. The summed E-state index contributed by atoms with van der Waals surface area (Å²) in [7, 11) is 0. The second kappa shape index (κ2) is 6.71. The molecule has 1 aliphatic heterocycles. The lowest BCUT2D eigenvalue weighted by molar-refractivity contribution is -0.117. The van der Waals surface area contributed by atoms with Crippen molar-refractivity contribution in [3.63, 3.8) is 0 Å². The second-order valence-corrected chi connectivity index (χ2v) is 4.84. The minimum Gasteiger partial charge on any atom is -0.392 e. The quantitative estimate of drug-likeness (QED) is 0.789. The summed E-state index contributed by atoms with van der Waals surface area (Å²) in [6.07, 6.45) is 3.55. The van der Waals surface area contributed by atoms with Crippen molar-refractivity contribution in [2.45, 2.75) is 18.6 Å². The molecule has 6 nitrogen and oxygen atoms in total. The first-order valence-corrected chi connectivity index (χ1v) is 6.55. The van der Waals surface area contributed by atoms with Crippen molar-refractivity contribution in [3.8, 4) is 5.69 Å². The Kier molecular flexibility index (Phi) is 4.95. The van der Waals surface area contributed by atoms with Gasteiger partial charge in [-0.05, 0) is 30.7 Å². The standard InChI is InChI=1S/C14H16N4O2.ClH/c19-12-8-13(15-9-12)14(20)17-10-3-1-4-11(7-10)18-6-2-5-16-18;/h1-7,12-13,15,19H,8-9H2,(H,17,20);1H. The maximum absolute atomic E-state index is 12.1. The fourth-order valence-electron chi connectivity index (χ4n) is 2.29. The van der Waals surface area contributed by atoms with E-state index in [4.69, 9.17) is 0 Å². The van der Waals surface area contributed by atoms with Crippen LogP contribution < -0.4 is 10.6 Å². The van der Waals surface area contributed by atoms with Crippen molar-refractivity contribution in [1.29, 1.82) is 0 Å². The van der Waals surface area contributed by atoms with Crippen LogP contribution in [0.2, 0.25) is 0 Å². The van der Waals surface area contributed by atoms with Crippen molar-refractivity contribution in [1.82, 2.24) is 15.1 Å². The molecule has 3 rings (SSSR count). The zero-order chi connectivity index (χ0) is 13.9. The number of carbonyl (C=O) groups is 1. The van der Waals surface area contributed by atoms with Gasteiger partial charge in [-0.3, -0.25) is 4.79 Å². The van der Waals surface area contributed by atoms with E-state index in [9.17, 15) is 9.90 Å². The fraction of sp³-hybridized carbons (Fsp3) is 0.286. The molecule has 0 spiro atoms. The first-order valence-electron chi connectivity index (χ1n) is 6.55. The Morgan fingerprint density at radius 3 is 2.95 bits per heavy atom. The lowest BCUT2D eigenvalue weighted by Gasteiger charge is -2.12. The van der Waals surface area contributed by atoms with Crippen molar-refractivity contribution >= 4 is 24.0 Å². The van der Waals surface area contributed by atoms with Crippen LogP contribution in [-0.4, -0.2) is 39.5 Å². The van der Waals surface area contributed by atoms with E-state index in [0.717, 1.165) is 5.69 Å². The number of rotatable bonds is 3. The lowest BCUT2D eigenvalue weighted by Crippen LogP contribution is -2.35. The Balaban J connectivity index is 0.00000161. The van der Waals surface area contributed by atoms with E-state index in [1.165, 1.54) is 0 Å². The van der Waals surface area contributed by atoms with E-state index in [0.29, 0.717) is 18.7 Å². The number of benzene rings is 1. The molecule has 0 saturated carbocycles. The predicted octanol–water partition coefficient (Wildman–Crippen LogP) is 0.955. The minimum atomic E-state index is -0.443. The van der Waals surface area contributed by atoms with E-state index in [-0.39, 0.29) is 24.4 Å². The molecular weight excluding hydrogens is 292 g/mol. The smallest absolute Gasteiger partial charge is 0.241 e. The number of hydrogen-bond acceptors (Lipinski definition) is 4. The van der Waals surface area contributed by atoms with Gasteiger partial charge in [-0.1, -0.05) is 6.07 Å². The van der Waals surface area contributed by atoms with Gasteiger partial charge in [0, 0.05) is 24.6 Å². The fourth-order valence-corrected chi connectivity index (χ4v) is 2.29. The highest BCUT2D eigenvalue weighted by molar-refractivity contribution is 5.95. The number of nitrogens with one attached hydrogen (secondary N) is 2. The molecule has 3 N–H and O–H groups in total. The normalized spacial score (nSPS) is 20.8. The third-order valence-corrected chi connectivity index (χ3v) is 3.31. The van der Waals surface area contributed by atoms with Gasteiger partial charge in [0.05, 0.1) is 17.8 Å². The van der Waals surface area contributed by atoms with Crippen LogP contribution in [0.5, 0.6) is 0 Å². The van der Waals surface area contributed by atoms with Gasteiger partial charge < -0.3 is 15.7 Å². The van der Waals surface area contributed by atoms with E-state index < -0.39 is 6.10 Å². The maximum atomic E-state index is 12.1. The highest BCUT2D eigenvalue weighted by Crippen LogP contribution is 2.15. The van der Waals surface area contributed by atoms with Crippen molar-refractivity contribution in [2.24, 2.45) is 0 Å². The molecule has 2 heterocycles. The van der Waals surface area contributed by atoms with Crippen LogP contribution in [0.3, 0.4) is 0 Å². The Hall–Kier alpha value is -1.89. The number of amides is 1. The molecule has 112 valence electrons. The van der Waals surface area contributed by atoms with Crippen LogP contribution in [0, 0.1) is 0 Å². The Labute approximate surface area is 128 Å².